The zero-order valence-electron chi connectivity index (χ0n) is 19.1. The maximum absolute atomic E-state index is 12.7. The van der Waals surface area contributed by atoms with Crippen LogP contribution in [0.4, 0.5) is 0 Å². The second-order valence-electron chi connectivity index (χ2n) is 9.96. The summed E-state index contributed by atoms with van der Waals surface area (Å²) in [6.45, 7) is 6.67. The summed E-state index contributed by atoms with van der Waals surface area (Å²) in [6, 6.07) is 8.91. The topological polar surface area (TPSA) is 49.9 Å². The van der Waals surface area contributed by atoms with Crippen LogP contribution in [0.25, 0.3) is 0 Å². The van der Waals surface area contributed by atoms with E-state index >= 15 is 0 Å². The van der Waals surface area contributed by atoms with Crippen molar-refractivity contribution in [3.05, 3.63) is 35.4 Å². The van der Waals surface area contributed by atoms with E-state index in [1.807, 2.05) is 4.90 Å². The van der Waals surface area contributed by atoms with Crippen molar-refractivity contribution < 1.29 is 14.3 Å². The minimum Gasteiger partial charge on any atom is -0.376 e. The Labute approximate surface area is 187 Å². The van der Waals surface area contributed by atoms with Crippen LogP contribution in [0.1, 0.15) is 63.0 Å². The van der Waals surface area contributed by atoms with Gasteiger partial charge in [-0.2, -0.15) is 0 Å². The van der Waals surface area contributed by atoms with Crippen LogP contribution in [0.3, 0.4) is 0 Å². The van der Waals surface area contributed by atoms with Gasteiger partial charge in [0, 0.05) is 46.1 Å². The second kappa shape index (κ2) is 10.6. The molecule has 0 unspecified atom stereocenters. The van der Waals surface area contributed by atoms with E-state index in [1.165, 1.54) is 24.0 Å². The minimum atomic E-state index is 0.156. The van der Waals surface area contributed by atoms with Crippen molar-refractivity contribution in [2.45, 2.75) is 64.9 Å². The van der Waals surface area contributed by atoms with Gasteiger partial charge in [0.25, 0.3) is 0 Å². The van der Waals surface area contributed by atoms with Crippen molar-refractivity contribution in [1.82, 2.24) is 9.80 Å². The predicted molar refractivity (Wildman–Crippen MR) is 121 cm³/mol. The number of ether oxygens (including phenoxy) is 1. The van der Waals surface area contributed by atoms with Crippen LogP contribution in [-0.4, -0.2) is 54.4 Å². The number of likely N-dealkylation sites (tertiary alicyclic amines) is 2. The van der Waals surface area contributed by atoms with Crippen molar-refractivity contribution in [1.29, 1.82) is 0 Å². The molecule has 5 heteroatoms. The molecule has 170 valence electrons. The number of benzene rings is 1. The zero-order valence-corrected chi connectivity index (χ0v) is 19.1. The maximum Gasteiger partial charge on any atom is 0.222 e. The van der Waals surface area contributed by atoms with Crippen LogP contribution < -0.4 is 0 Å². The molecule has 3 fully saturated rings. The van der Waals surface area contributed by atoms with Crippen LogP contribution in [0.2, 0.25) is 0 Å². The number of piperidine rings is 2. The van der Waals surface area contributed by atoms with E-state index in [9.17, 15) is 9.59 Å². The normalized spacial score (nSPS) is 20.8. The van der Waals surface area contributed by atoms with Crippen molar-refractivity contribution in [2.75, 3.05) is 32.8 Å². The fraction of sp³-hybridized carbons (Fsp3) is 0.692. The van der Waals surface area contributed by atoms with Crippen molar-refractivity contribution in [2.24, 2.45) is 17.8 Å². The molecule has 5 nitrogen and oxygen atoms in total. The molecule has 2 amide bonds. The first-order chi connectivity index (χ1) is 15.1. The molecular weight excluding hydrogens is 388 g/mol. The molecule has 4 rings (SSSR count). The van der Waals surface area contributed by atoms with Crippen LogP contribution >= 0.6 is 0 Å². The molecule has 0 spiro atoms. The standard InChI is InChI=1S/C26H38N2O3/c1-20(29)27-12-8-23(9-13-27)17-26(30)28-14-10-22(11-15-28)16-21-2-4-24(5-3-21)18-31-19-25-6-7-25/h2-5,22-23,25H,6-19H2,1H3. The summed E-state index contributed by atoms with van der Waals surface area (Å²) in [6.07, 6.45) is 8.55. The van der Waals surface area contributed by atoms with E-state index in [0.717, 1.165) is 77.4 Å². The Morgan fingerprint density at radius 1 is 0.806 bits per heavy atom. The summed E-state index contributed by atoms with van der Waals surface area (Å²) >= 11 is 0. The quantitative estimate of drug-likeness (QED) is 0.630. The Morgan fingerprint density at radius 3 is 2.00 bits per heavy atom. The molecule has 2 aliphatic heterocycles. The molecule has 2 saturated heterocycles. The molecule has 2 heterocycles. The highest BCUT2D eigenvalue weighted by molar-refractivity contribution is 5.76. The van der Waals surface area contributed by atoms with E-state index in [2.05, 4.69) is 29.2 Å². The van der Waals surface area contributed by atoms with Crippen molar-refractivity contribution in [3.63, 3.8) is 0 Å². The first kappa shape index (κ1) is 22.3. The number of carbonyl (C=O) groups excluding carboxylic acids is 2. The Kier molecular flexibility index (Phi) is 7.65. The average Bonchev–Trinajstić information content (AvgIpc) is 3.60. The van der Waals surface area contributed by atoms with Gasteiger partial charge in [0.2, 0.25) is 11.8 Å². The molecule has 0 radical (unpaired) electrons. The van der Waals surface area contributed by atoms with Gasteiger partial charge in [0.05, 0.1) is 6.61 Å². The van der Waals surface area contributed by atoms with Gasteiger partial charge in [0.1, 0.15) is 0 Å². The SMILES string of the molecule is CC(=O)N1CCC(CC(=O)N2CCC(Cc3ccc(COCC4CC4)cc3)CC2)CC1. The van der Waals surface area contributed by atoms with Gasteiger partial charge in [-0.3, -0.25) is 9.59 Å². The Bertz CT molecular complexity index is 728. The molecule has 31 heavy (non-hydrogen) atoms. The molecule has 1 aromatic rings. The summed E-state index contributed by atoms with van der Waals surface area (Å²) < 4.78 is 5.78. The molecule has 3 aliphatic rings. The van der Waals surface area contributed by atoms with Crippen molar-refractivity contribution >= 4 is 11.8 Å². The number of rotatable bonds is 8. The van der Waals surface area contributed by atoms with E-state index in [-0.39, 0.29) is 5.91 Å². The minimum absolute atomic E-state index is 0.156. The van der Waals surface area contributed by atoms with Gasteiger partial charge in [-0.05, 0) is 73.8 Å². The highest BCUT2D eigenvalue weighted by atomic mass is 16.5. The second-order valence-corrected chi connectivity index (χ2v) is 9.96. The first-order valence-electron chi connectivity index (χ1n) is 12.3. The lowest BCUT2D eigenvalue weighted by Gasteiger charge is -2.35. The fourth-order valence-electron chi connectivity index (χ4n) is 4.95. The molecule has 1 aromatic carbocycles. The molecule has 1 saturated carbocycles. The Balaban J connectivity index is 1.14. The third-order valence-corrected chi connectivity index (χ3v) is 7.36. The third-order valence-electron chi connectivity index (χ3n) is 7.36. The molecular formula is C26H38N2O3. The van der Waals surface area contributed by atoms with Crippen LogP contribution in [0.5, 0.6) is 0 Å². The highest BCUT2D eigenvalue weighted by Gasteiger charge is 2.27. The highest BCUT2D eigenvalue weighted by Crippen LogP contribution is 2.29. The van der Waals surface area contributed by atoms with Crippen molar-refractivity contribution in [3.8, 4) is 0 Å². The first-order valence-corrected chi connectivity index (χ1v) is 12.3. The molecule has 1 aliphatic carbocycles. The van der Waals surface area contributed by atoms with Gasteiger partial charge < -0.3 is 14.5 Å². The number of carbonyl (C=O) groups is 2. The van der Waals surface area contributed by atoms with Crippen LogP contribution in [0, 0.1) is 17.8 Å². The van der Waals surface area contributed by atoms with Gasteiger partial charge in [0.15, 0.2) is 0 Å². The summed E-state index contributed by atoms with van der Waals surface area (Å²) in [5.74, 6) is 2.39. The molecule has 0 bridgehead atoms. The summed E-state index contributed by atoms with van der Waals surface area (Å²) in [5, 5.41) is 0. The Morgan fingerprint density at radius 2 is 1.39 bits per heavy atom. The summed E-state index contributed by atoms with van der Waals surface area (Å²) in [7, 11) is 0. The number of hydrogen-bond donors (Lipinski definition) is 0. The van der Waals surface area contributed by atoms with E-state index in [1.54, 1.807) is 6.92 Å². The predicted octanol–water partition coefficient (Wildman–Crippen LogP) is 4.04. The average molecular weight is 427 g/mol. The van der Waals surface area contributed by atoms with Gasteiger partial charge in [-0.1, -0.05) is 24.3 Å². The monoisotopic (exact) mass is 426 g/mol. The molecule has 0 N–H and O–H groups in total. The van der Waals surface area contributed by atoms with Crippen LogP contribution in [-0.2, 0) is 27.4 Å². The molecule has 0 aromatic heterocycles. The molecule has 0 atom stereocenters. The zero-order chi connectivity index (χ0) is 21.6. The van der Waals surface area contributed by atoms with Crippen LogP contribution in [0.15, 0.2) is 24.3 Å². The lowest BCUT2D eigenvalue weighted by Crippen LogP contribution is -2.42. The van der Waals surface area contributed by atoms with Gasteiger partial charge in [-0.15, -0.1) is 0 Å². The summed E-state index contributed by atoms with van der Waals surface area (Å²) in [4.78, 5) is 28.2. The van der Waals surface area contributed by atoms with E-state index < -0.39 is 0 Å². The fourth-order valence-corrected chi connectivity index (χ4v) is 4.95. The Hall–Kier alpha value is -1.88. The number of amides is 2. The number of hydrogen-bond acceptors (Lipinski definition) is 3. The van der Waals surface area contributed by atoms with E-state index in [4.69, 9.17) is 4.74 Å². The lowest BCUT2D eigenvalue weighted by molar-refractivity contribution is -0.134. The summed E-state index contributed by atoms with van der Waals surface area (Å²) in [5.41, 5.74) is 2.66. The van der Waals surface area contributed by atoms with Gasteiger partial charge in [-0.25, -0.2) is 0 Å². The third kappa shape index (κ3) is 6.80. The van der Waals surface area contributed by atoms with Gasteiger partial charge >= 0.3 is 0 Å². The van der Waals surface area contributed by atoms with E-state index in [0.29, 0.717) is 24.2 Å². The maximum atomic E-state index is 12.7. The smallest absolute Gasteiger partial charge is 0.222 e. The largest absolute Gasteiger partial charge is 0.376 e. The number of nitrogens with zero attached hydrogens (tertiary/aromatic N) is 2. The lowest BCUT2D eigenvalue weighted by atomic mass is 9.89.